The van der Waals surface area contributed by atoms with Crippen molar-refractivity contribution < 1.29 is 48.5 Å². The number of aliphatic hydroxyl groups is 2. The number of nitro groups is 1. The van der Waals surface area contributed by atoms with Crippen molar-refractivity contribution in [3.05, 3.63) is 171 Å². The van der Waals surface area contributed by atoms with Gasteiger partial charge in [-0.1, -0.05) is 90.7 Å². The van der Waals surface area contributed by atoms with E-state index >= 15 is 4.79 Å². The highest BCUT2D eigenvalue weighted by atomic mass is 16.6. The van der Waals surface area contributed by atoms with Crippen molar-refractivity contribution in [3.8, 4) is 17.6 Å². The fraction of sp³-hybridized carbons (Fsp3) is 0.234. The number of aliphatic hydroxyl groups excluding tert-OH is 2. The van der Waals surface area contributed by atoms with Crippen LogP contribution >= 0.6 is 0 Å². The van der Waals surface area contributed by atoms with Crippen molar-refractivity contribution in [2.75, 3.05) is 24.7 Å². The summed E-state index contributed by atoms with van der Waals surface area (Å²) >= 11 is 0. The Balaban J connectivity index is 1.40. The van der Waals surface area contributed by atoms with Gasteiger partial charge in [-0.2, -0.15) is 0 Å². The van der Waals surface area contributed by atoms with E-state index in [4.69, 9.17) is 19.9 Å². The summed E-state index contributed by atoms with van der Waals surface area (Å²) in [6.45, 7) is -1.11. The van der Waals surface area contributed by atoms with E-state index < -0.39 is 64.4 Å². The number of hydrogen-bond acceptors (Lipinski definition) is 12. The summed E-state index contributed by atoms with van der Waals surface area (Å²) in [7, 11) is 0. The first-order chi connectivity index (χ1) is 30.1. The van der Waals surface area contributed by atoms with Crippen LogP contribution in [0, 0.1) is 27.9 Å². The summed E-state index contributed by atoms with van der Waals surface area (Å²) in [5, 5.41) is 30.7. The van der Waals surface area contributed by atoms with Crippen LogP contribution in [0.4, 0.5) is 16.2 Å². The molecule has 2 saturated heterocycles. The summed E-state index contributed by atoms with van der Waals surface area (Å²) in [5.41, 5.74) is 6.65. The van der Waals surface area contributed by atoms with Crippen LogP contribution in [0.15, 0.2) is 127 Å². The Labute approximate surface area is 355 Å². The summed E-state index contributed by atoms with van der Waals surface area (Å²) in [4.78, 5) is 73.1. The molecule has 62 heavy (non-hydrogen) atoms. The highest BCUT2D eigenvalue weighted by Gasteiger charge is 2.76. The van der Waals surface area contributed by atoms with Gasteiger partial charge in [-0.05, 0) is 58.7 Å². The minimum Gasteiger partial charge on any atom is -0.491 e. The van der Waals surface area contributed by atoms with E-state index in [2.05, 4.69) is 11.8 Å². The predicted molar refractivity (Wildman–Crippen MR) is 222 cm³/mol. The quantitative estimate of drug-likeness (QED) is 0.0680. The third kappa shape index (κ3) is 7.09. The van der Waals surface area contributed by atoms with E-state index in [0.717, 1.165) is 4.90 Å². The van der Waals surface area contributed by atoms with Crippen LogP contribution in [-0.4, -0.2) is 69.8 Å². The molecular weight excluding hydrogens is 797 g/mol. The number of morpholine rings is 1. The number of para-hydroxylation sites is 1. The number of primary amides is 1. The van der Waals surface area contributed by atoms with Gasteiger partial charge in [0.25, 0.3) is 5.69 Å². The van der Waals surface area contributed by atoms with Crippen LogP contribution in [0.1, 0.15) is 58.0 Å². The second-order valence-electron chi connectivity index (χ2n) is 14.9. The molecule has 3 aliphatic rings. The van der Waals surface area contributed by atoms with Gasteiger partial charge in [0.15, 0.2) is 0 Å². The fourth-order valence-corrected chi connectivity index (χ4v) is 9.10. The number of ether oxygens (including phenoxy) is 3. The number of hydrogen-bond donors (Lipinski definition) is 3. The number of carbonyl (C=O) groups is 4. The van der Waals surface area contributed by atoms with E-state index in [9.17, 15) is 34.7 Å². The van der Waals surface area contributed by atoms with Gasteiger partial charge in [0.1, 0.15) is 36.5 Å². The molecule has 15 nitrogen and oxygen atoms in total. The van der Waals surface area contributed by atoms with Crippen molar-refractivity contribution in [2.45, 2.75) is 42.7 Å². The summed E-state index contributed by atoms with van der Waals surface area (Å²) in [6, 6.07) is 31.3. The smallest absolute Gasteiger partial charge is 0.421 e. The molecule has 0 saturated carbocycles. The monoisotopic (exact) mass is 836 g/mol. The van der Waals surface area contributed by atoms with Crippen LogP contribution in [0.25, 0.3) is 0 Å². The van der Waals surface area contributed by atoms with Gasteiger partial charge in [-0.3, -0.25) is 29.4 Å². The van der Waals surface area contributed by atoms with Crippen molar-refractivity contribution in [1.29, 1.82) is 0 Å². The van der Waals surface area contributed by atoms with Crippen LogP contribution in [0.3, 0.4) is 0 Å². The number of nitrogens with two attached hydrogens (primary N) is 1. The van der Waals surface area contributed by atoms with Gasteiger partial charge < -0.3 is 30.2 Å². The van der Waals surface area contributed by atoms with Crippen molar-refractivity contribution in [1.82, 2.24) is 4.90 Å². The van der Waals surface area contributed by atoms with E-state index in [1.165, 1.54) is 30.3 Å². The summed E-state index contributed by atoms with van der Waals surface area (Å²) in [5.74, 6) is 1.62. The highest BCUT2D eigenvalue weighted by molar-refractivity contribution is 6.23. The minimum atomic E-state index is -2.18. The third-order valence-electron chi connectivity index (χ3n) is 11.5. The number of nitro benzene ring substituents is 1. The van der Waals surface area contributed by atoms with Crippen LogP contribution in [-0.2, 0) is 35.9 Å². The maximum atomic E-state index is 16.0. The third-order valence-corrected chi connectivity index (χ3v) is 11.5. The maximum absolute atomic E-state index is 16.0. The molecule has 0 unspecified atom stereocenters. The number of benzene rings is 5. The van der Waals surface area contributed by atoms with E-state index in [0.29, 0.717) is 27.8 Å². The van der Waals surface area contributed by atoms with Crippen molar-refractivity contribution >= 4 is 35.3 Å². The van der Waals surface area contributed by atoms with E-state index in [1.54, 1.807) is 53.4 Å². The molecule has 0 radical (unpaired) electrons. The Bertz CT molecular complexity index is 2600. The minimum absolute atomic E-state index is 0.0329. The molecule has 8 rings (SSSR count). The van der Waals surface area contributed by atoms with Gasteiger partial charge in [0, 0.05) is 29.7 Å². The number of imide groups is 1. The molecule has 6 atom stereocenters. The molecule has 5 aromatic rings. The SMILES string of the molecule is NC(=O)[C@H]1[C@@H]2C(=O)O[C@@H](c3ccccc3)[C@@H](c3ccccc3)N2[C@@H](c2ccccc2OCCO)[C@]12C(=O)N(C(=O)OCc1ccc([N+](=O)[O-])cc1)c1ccc(C#CCCO)cc12. The molecule has 5 aromatic carbocycles. The standard InChI is InChI=1S/C47H40N4O11/c48-43(54)38-40-44(55)62-41(32-14-5-2-6-15-32)39(31-12-3-1-4-13-31)50(40)42(34-16-7-8-17-37(34)60-26-25-53)47(38)35-27-29(11-9-10-24-52)20-23-36(35)49(45(47)56)46(57)61-28-30-18-21-33(22-19-30)51(58)59/h1-8,12-23,27,38-42,52-53H,10,24-26,28H2,(H2,48,54)/t38-,39-,40-,41+,42+,47-/m1/s1. The topological polar surface area (TPSA) is 212 Å². The molecule has 2 fully saturated rings. The Morgan fingerprint density at radius 3 is 2.19 bits per heavy atom. The lowest BCUT2D eigenvalue weighted by atomic mass is 9.65. The number of anilines is 1. The molecule has 3 amide bonds. The van der Waals surface area contributed by atoms with Gasteiger partial charge >= 0.3 is 12.1 Å². The average Bonchev–Trinajstić information content (AvgIpc) is 3.74. The van der Waals surface area contributed by atoms with Gasteiger partial charge in [-0.15, -0.1) is 0 Å². The lowest BCUT2D eigenvalue weighted by Crippen LogP contribution is -2.55. The number of fused-ring (bicyclic) bond motifs is 3. The molecule has 1 spiro atoms. The largest absolute Gasteiger partial charge is 0.491 e. The first kappa shape index (κ1) is 41.4. The number of esters is 1. The number of rotatable bonds is 11. The van der Waals surface area contributed by atoms with Gasteiger partial charge in [0.2, 0.25) is 11.8 Å². The Morgan fingerprint density at radius 1 is 0.855 bits per heavy atom. The molecule has 15 heteroatoms. The number of amides is 3. The highest BCUT2D eigenvalue weighted by Crippen LogP contribution is 2.66. The first-order valence-corrected chi connectivity index (χ1v) is 19.8. The molecule has 4 N–H and O–H groups in total. The molecule has 0 aromatic heterocycles. The maximum Gasteiger partial charge on any atom is 0.421 e. The zero-order chi connectivity index (χ0) is 43.5. The lowest BCUT2D eigenvalue weighted by Gasteiger charge is -2.46. The number of cyclic esters (lactones) is 1. The normalized spacial score (nSPS) is 22.5. The van der Waals surface area contributed by atoms with Gasteiger partial charge in [-0.25, -0.2) is 9.69 Å². The second kappa shape index (κ2) is 17.3. The number of non-ortho nitro benzene ring substituents is 1. The fourth-order valence-electron chi connectivity index (χ4n) is 9.10. The number of nitrogens with zero attached hydrogens (tertiary/aromatic N) is 3. The second-order valence-corrected chi connectivity index (χ2v) is 14.9. The van der Waals surface area contributed by atoms with Crippen LogP contribution in [0.5, 0.6) is 5.75 Å². The first-order valence-electron chi connectivity index (χ1n) is 19.8. The van der Waals surface area contributed by atoms with Crippen molar-refractivity contribution in [2.24, 2.45) is 11.7 Å². The Kier molecular flexibility index (Phi) is 11.5. The van der Waals surface area contributed by atoms with Gasteiger partial charge in [0.05, 0.1) is 41.8 Å². The predicted octanol–water partition coefficient (Wildman–Crippen LogP) is 5.19. The summed E-state index contributed by atoms with van der Waals surface area (Å²) < 4.78 is 18.2. The summed E-state index contributed by atoms with van der Waals surface area (Å²) in [6.07, 6.45) is -1.98. The van der Waals surface area contributed by atoms with Crippen LogP contribution in [0.2, 0.25) is 0 Å². The molecular formula is C47H40N4O11. The van der Waals surface area contributed by atoms with Crippen molar-refractivity contribution in [3.63, 3.8) is 0 Å². The van der Waals surface area contributed by atoms with E-state index in [-0.39, 0.29) is 55.5 Å². The molecule has 0 aliphatic carbocycles. The molecule has 3 heterocycles. The van der Waals surface area contributed by atoms with Crippen LogP contribution < -0.4 is 15.4 Å². The van der Waals surface area contributed by atoms with E-state index in [1.807, 2.05) is 48.5 Å². The Morgan fingerprint density at radius 2 is 1.53 bits per heavy atom. The molecule has 3 aliphatic heterocycles. The lowest BCUT2D eigenvalue weighted by molar-refractivity contribution is -0.384. The Hall–Kier alpha value is -7.38. The molecule has 0 bridgehead atoms. The number of carbonyl (C=O) groups excluding carboxylic acids is 4. The zero-order valence-corrected chi connectivity index (χ0v) is 33.0. The zero-order valence-electron chi connectivity index (χ0n) is 33.0. The molecule has 314 valence electrons. The average molecular weight is 837 g/mol.